The maximum atomic E-state index is 10.5. The first kappa shape index (κ1) is 19.1. The number of hydrogen-bond donors (Lipinski definition) is 1. The van der Waals surface area contributed by atoms with Crippen LogP contribution in [0.1, 0.15) is 25.5 Å². The van der Waals surface area contributed by atoms with E-state index in [0.717, 1.165) is 18.5 Å². The number of nitrogens with two attached hydrogens (primary N) is 1. The molecule has 124 valence electrons. The molecule has 6 nitrogen and oxygen atoms in total. The van der Waals surface area contributed by atoms with E-state index in [1.165, 1.54) is 12.3 Å². The van der Waals surface area contributed by atoms with Crippen molar-refractivity contribution in [1.29, 1.82) is 0 Å². The lowest BCUT2D eigenvalue weighted by Crippen LogP contribution is -2.41. The standard InChI is InChI=1S/C14H21Cl2N3O3/c1-2-12(15)14(17)13(16)9-22-7-3-4-10-5-6-11(8-18-10)19(20)21/h5-6,8,12-14H,2-4,7,9,17H2,1H3. The lowest BCUT2D eigenvalue weighted by atomic mass is 10.1. The Kier molecular flexibility index (Phi) is 8.63. The van der Waals surface area contributed by atoms with Crippen LogP contribution in [0.25, 0.3) is 0 Å². The molecule has 22 heavy (non-hydrogen) atoms. The number of nitro groups is 1. The Balaban J connectivity index is 2.21. The maximum absolute atomic E-state index is 10.5. The van der Waals surface area contributed by atoms with Crippen LogP contribution in [0.3, 0.4) is 0 Å². The highest BCUT2D eigenvalue weighted by Gasteiger charge is 2.21. The molecule has 0 fully saturated rings. The number of pyridine rings is 1. The van der Waals surface area contributed by atoms with Gasteiger partial charge in [-0.2, -0.15) is 0 Å². The molecule has 0 bridgehead atoms. The SMILES string of the molecule is CCC(Cl)C(N)C(Cl)COCCCc1ccc([N+](=O)[O-])cn1. The van der Waals surface area contributed by atoms with Gasteiger partial charge in [-0.3, -0.25) is 15.1 Å². The van der Waals surface area contributed by atoms with Gasteiger partial charge in [0.1, 0.15) is 6.20 Å². The van der Waals surface area contributed by atoms with Crippen LogP contribution >= 0.6 is 23.2 Å². The van der Waals surface area contributed by atoms with Crippen LogP contribution in [-0.2, 0) is 11.2 Å². The van der Waals surface area contributed by atoms with Crippen molar-refractivity contribution >= 4 is 28.9 Å². The van der Waals surface area contributed by atoms with Gasteiger partial charge in [0.2, 0.25) is 0 Å². The summed E-state index contributed by atoms with van der Waals surface area (Å²) in [5, 5.41) is 10.0. The van der Waals surface area contributed by atoms with Gasteiger partial charge in [0.05, 0.1) is 16.9 Å². The lowest BCUT2D eigenvalue weighted by Gasteiger charge is -2.21. The predicted octanol–water partition coefficient (Wildman–Crippen LogP) is 2.89. The summed E-state index contributed by atoms with van der Waals surface area (Å²) in [5.41, 5.74) is 6.69. The van der Waals surface area contributed by atoms with Crippen molar-refractivity contribution in [2.75, 3.05) is 13.2 Å². The number of alkyl halides is 2. The van der Waals surface area contributed by atoms with E-state index < -0.39 is 4.92 Å². The predicted molar refractivity (Wildman–Crippen MR) is 87.6 cm³/mol. The lowest BCUT2D eigenvalue weighted by molar-refractivity contribution is -0.385. The van der Waals surface area contributed by atoms with E-state index in [2.05, 4.69) is 4.98 Å². The average molecular weight is 350 g/mol. The molecule has 0 saturated heterocycles. The van der Waals surface area contributed by atoms with Crippen LogP contribution in [0.5, 0.6) is 0 Å². The molecule has 8 heteroatoms. The summed E-state index contributed by atoms with van der Waals surface area (Å²) in [7, 11) is 0. The second-order valence-electron chi connectivity index (χ2n) is 4.96. The molecule has 0 radical (unpaired) electrons. The third-order valence-electron chi connectivity index (χ3n) is 3.24. The molecule has 0 aliphatic heterocycles. The number of halogens is 2. The first-order valence-electron chi connectivity index (χ1n) is 7.16. The Morgan fingerprint density at radius 2 is 2.14 bits per heavy atom. The average Bonchev–Trinajstić information content (AvgIpc) is 2.53. The van der Waals surface area contributed by atoms with Crippen molar-refractivity contribution in [2.45, 2.75) is 43.0 Å². The molecule has 0 aliphatic rings. The summed E-state index contributed by atoms with van der Waals surface area (Å²) < 4.78 is 5.49. The maximum Gasteiger partial charge on any atom is 0.287 e. The smallest absolute Gasteiger partial charge is 0.287 e. The minimum absolute atomic E-state index is 0.00878. The van der Waals surface area contributed by atoms with Crippen LogP contribution in [0.4, 0.5) is 5.69 Å². The van der Waals surface area contributed by atoms with Crippen molar-refractivity contribution in [3.8, 4) is 0 Å². The van der Waals surface area contributed by atoms with Gasteiger partial charge in [-0.25, -0.2) is 0 Å². The number of ether oxygens (including phenoxy) is 1. The summed E-state index contributed by atoms with van der Waals surface area (Å²) >= 11 is 12.2. The largest absolute Gasteiger partial charge is 0.380 e. The first-order valence-corrected chi connectivity index (χ1v) is 8.03. The van der Waals surface area contributed by atoms with Crippen LogP contribution in [0.2, 0.25) is 0 Å². The summed E-state index contributed by atoms with van der Waals surface area (Å²) in [6, 6.07) is 2.80. The van der Waals surface area contributed by atoms with Crippen molar-refractivity contribution < 1.29 is 9.66 Å². The van der Waals surface area contributed by atoms with Crippen molar-refractivity contribution in [3.05, 3.63) is 34.1 Å². The third kappa shape index (κ3) is 6.44. The van der Waals surface area contributed by atoms with E-state index in [1.807, 2.05) is 6.92 Å². The molecule has 3 unspecified atom stereocenters. The molecular weight excluding hydrogens is 329 g/mol. The van der Waals surface area contributed by atoms with Crippen LogP contribution < -0.4 is 5.73 Å². The van der Waals surface area contributed by atoms with E-state index >= 15 is 0 Å². The molecule has 1 heterocycles. The Labute approximate surface area is 140 Å². The van der Waals surface area contributed by atoms with Crippen LogP contribution in [0.15, 0.2) is 18.3 Å². The highest BCUT2D eigenvalue weighted by molar-refractivity contribution is 6.24. The quantitative estimate of drug-likeness (QED) is 0.303. The molecular formula is C14H21Cl2N3O3. The normalized spacial score (nSPS) is 15.3. The molecule has 1 aromatic heterocycles. The number of rotatable bonds is 10. The van der Waals surface area contributed by atoms with Gasteiger partial charge >= 0.3 is 0 Å². The van der Waals surface area contributed by atoms with Gasteiger partial charge < -0.3 is 10.5 Å². The Morgan fingerprint density at radius 1 is 1.41 bits per heavy atom. The number of nitrogens with zero attached hydrogens (tertiary/aromatic N) is 2. The molecule has 0 amide bonds. The summed E-state index contributed by atoms with van der Waals surface area (Å²) in [5.74, 6) is 0. The first-order chi connectivity index (χ1) is 10.5. The Morgan fingerprint density at radius 3 is 2.68 bits per heavy atom. The number of hydrogen-bond acceptors (Lipinski definition) is 5. The summed E-state index contributed by atoms with van der Waals surface area (Å²) in [6.07, 6.45) is 3.46. The Hall–Kier alpha value is -0.950. The molecule has 1 rings (SSSR count). The Bertz CT molecular complexity index is 459. The molecule has 1 aromatic rings. The third-order valence-corrected chi connectivity index (χ3v) is 4.26. The second kappa shape index (κ2) is 9.94. The number of aryl methyl sites for hydroxylation is 1. The van der Waals surface area contributed by atoms with Crippen molar-refractivity contribution in [3.63, 3.8) is 0 Å². The highest BCUT2D eigenvalue weighted by atomic mass is 35.5. The van der Waals surface area contributed by atoms with E-state index in [-0.39, 0.29) is 22.5 Å². The monoisotopic (exact) mass is 349 g/mol. The molecule has 3 atom stereocenters. The van der Waals surface area contributed by atoms with Gasteiger partial charge in [0, 0.05) is 29.8 Å². The number of aromatic nitrogens is 1. The topological polar surface area (TPSA) is 91.3 Å². The fraction of sp³-hybridized carbons (Fsp3) is 0.643. The second-order valence-corrected chi connectivity index (χ2v) is 6.08. The van der Waals surface area contributed by atoms with Gasteiger partial charge in [-0.1, -0.05) is 6.92 Å². The highest BCUT2D eigenvalue weighted by Crippen LogP contribution is 2.14. The van der Waals surface area contributed by atoms with Gasteiger partial charge in [-0.05, 0) is 25.3 Å². The molecule has 0 aliphatic carbocycles. The van der Waals surface area contributed by atoms with E-state index in [1.54, 1.807) is 6.07 Å². The zero-order valence-corrected chi connectivity index (χ0v) is 14.0. The zero-order chi connectivity index (χ0) is 16.5. The zero-order valence-electron chi connectivity index (χ0n) is 12.5. The van der Waals surface area contributed by atoms with E-state index in [9.17, 15) is 10.1 Å². The fourth-order valence-electron chi connectivity index (χ4n) is 1.83. The van der Waals surface area contributed by atoms with Crippen LogP contribution in [0, 0.1) is 10.1 Å². The van der Waals surface area contributed by atoms with E-state index in [0.29, 0.717) is 19.6 Å². The molecule has 2 N–H and O–H groups in total. The molecule has 0 aromatic carbocycles. The van der Waals surface area contributed by atoms with E-state index in [4.69, 9.17) is 33.7 Å². The van der Waals surface area contributed by atoms with Gasteiger partial charge in [-0.15, -0.1) is 23.2 Å². The van der Waals surface area contributed by atoms with Gasteiger partial charge in [0.15, 0.2) is 0 Å². The fourth-order valence-corrected chi connectivity index (χ4v) is 2.35. The molecule has 0 spiro atoms. The van der Waals surface area contributed by atoms with Gasteiger partial charge in [0.25, 0.3) is 5.69 Å². The summed E-state index contributed by atoms with van der Waals surface area (Å²) in [6.45, 7) is 2.83. The van der Waals surface area contributed by atoms with Crippen molar-refractivity contribution in [2.24, 2.45) is 5.73 Å². The van der Waals surface area contributed by atoms with Crippen molar-refractivity contribution in [1.82, 2.24) is 4.98 Å². The minimum atomic E-state index is -0.468. The molecule has 0 saturated carbocycles. The minimum Gasteiger partial charge on any atom is -0.380 e. The van der Waals surface area contributed by atoms with Crippen LogP contribution in [-0.4, -0.2) is 39.9 Å². The summed E-state index contributed by atoms with van der Waals surface area (Å²) in [4.78, 5) is 14.1.